The van der Waals surface area contributed by atoms with E-state index in [0.29, 0.717) is 12.3 Å². The third-order valence-electron chi connectivity index (χ3n) is 2.07. The summed E-state index contributed by atoms with van der Waals surface area (Å²) >= 11 is 0. The molecule has 0 N–H and O–H groups in total. The number of hydrogen-bond acceptors (Lipinski definition) is 3. The summed E-state index contributed by atoms with van der Waals surface area (Å²) in [7, 11) is 0. The number of esters is 1. The van der Waals surface area contributed by atoms with Crippen LogP contribution in [0.4, 0.5) is 0 Å². The molecule has 0 aliphatic carbocycles. The van der Waals surface area contributed by atoms with Crippen LogP contribution >= 0.6 is 0 Å². The Morgan fingerprint density at radius 1 is 1.56 bits per heavy atom. The van der Waals surface area contributed by atoms with Crippen molar-refractivity contribution in [2.45, 2.75) is 33.7 Å². The topological polar surface area (TPSA) is 44.1 Å². The molecule has 0 amide bonds. The van der Waals surface area contributed by atoms with E-state index in [-0.39, 0.29) is 12.0 Å². The molecule has 0 saturated heterocycles. The molecule has 0 spiro atoms. The molecule has 1 rings (SSSR count). The summed E-state index contributed by atoms with van der Waals surface area (Å²) in [6.07, 6.45) is 3.48. The maximum absolute atomic E-state index is 11.7. The lowest BCUT2D eigenvalue weighted by molar-refractivity contribution is 0.0532. The zero-order chi connectivity index (χ0) is 12.1. The maximum atomic E-state index is 11.7. The lowest BCUT2D eigenvalue weighted by Gasteiger charge is -2.09. The number of allylic oxidation sites excluding steroid dienone is 1. The van der Waals surface area contributed by atoms with E-state index in [4.69, 9.17) is 4.74 Å². The van der Waals surface area contributed by atoms with Gasteiger partial charge in [0.25, 0.3) is 0 Å². The monoisotopic (exact) mass is 222 g/mol. The average Bonchev–Trinajstić information content (AvgIpc) is 2.65. The van der Waals surface area contributed by atoms with Gasteiger partial charge in [-0.2, -0.15) is 5.10 Å². The average molecular weight is 222 g/mol. The van der Waals surface area contributed by atoms with E-state index in [9.17, 15) is 4.79 Å². The minimum Gasteiger partial charge on any atom is -0.457 e. The highest BCUT2D eigenvalue weighted by Crippen LogP contribution is 2.09. The van der Waals surface area contributed by atoms with Crippen LogP contribution in [0.1, 0.15) is 44.2 Å². The molecule has 0 radical (unpaired) electrons. The molecule has 0 aromatic carbocycles. The number of aromatic nitrogens is 2. The first-order valence-electron chi connectivity index (χ1n) is 5.36. The molecule has 4 nitrogen and oxygen atoms in total. The first-order chi connectivity index (χ1) is 7.52. The van der Waals surface area contributed by atoms with E-state index in [0.717, 1.165) is 5.57 Å². The minimum absolute atomic E-state index is 0.154. The molecule has 16 heavy (non-hydrogen) atoms. The zero-order valence-electron chi connectivity index (χ0n) is 10.2. The normalized spacial score (nSPS) is 10.3. The highest BCUT2D eigenvalue weighted by atomic mass is 16.5. The van der Waals surface area contributed by atoms with Crippen molar-refractivity contribution >= 4 is 5.97 Å². The fourth-order valence-electron chi connectivity index (χ4n) is 1.25. The van der Waals surface area contributed by atoms with Gasteiger partial charge < -0.3 is 4.74 Å². The predicted octanol–water partition coefficient (Wildman–Crippen LogP) is 2.59. The molecule has 88 valence electrons. The Labute approximate surface area is 95.9 Å². The lowest BCUT2D eigenvalue weighted by atomic mass is 10.3. The largest absolute Gasteiger partial charge is 0.457 e. The van der Waals surface area contributed by atoms with Crippen molar-refractivity contribution in [1.82, 2.24) is 9.78 Å². The van der Waals surface area contributed by atoms with Crippen LogP contribution in [0.5, 0.6) is 0 Å². The summed E-state index contributed by atoms with van der Waals surface area (Å²) in [6, 6.07) is 1.83. The Morgan fingerprint density at radius 3 is 2.81 bits per heavy atom. The summed E-state index contributed by atoms with van der Waals surface area (Å²) in [4.78, 5) is 11.7. The Kier molecular flexibility index (Phi) is 4.28. The van der Waals surface area contributed by atoms with Crippen LogP contribution in [0, 0.1) is 0 Å². The van der Waals surface area contributed by atoms with E-state index in [2.05, 4.69) is 5.10 Å². The number of carbonyl (C=O) groups is 1. The summed E-state index contributed by atoms with van der Waals surface area (Å²) in [6.45, 7) is 8.18. The third-order valence-corrected chi connectivity index (χ3v) is 2.07. The van der Waals surface area contributed by atoms with E-state index >= 15 is 0 Å². The first-order valence-corrected chi connectivity index (χ1v) is 5.36. The van der Waals surface area contributed by atoms with Crippen LogP contribution in [0.15, 0.2) is 23.9 Å². The Hall–Kier alpha value is -1.58. The van der Waals surface area contributed by atoms with Crippen LogP contribution in [-0.4, -0.2) is 22.4 Å². The standard InChI is InChI=1S/C12H18N2O2/c1-9(2)6-8-16-12(15)11-5-7-13-14(11)10(3)4/h5-7,10H,8H2,1-4H3. The fourth-order valence-corrected chi connectivity index (χ4v) is 1.25. The molecular formula is C12H18N2O2. The van der Waals surface area contributed by atoms with Crippen LogP contribution in [0.2, 0.25) is 0 Å². The summed E-state index contributed by atoms with van der Waals surface area (Å²) < 4.78 is 6.77. The zero-order valence-corrected chi connectivity index (χ0v) is 10.2. The van der Waals surface area contributed by atoms with Gasteiger partial charge in [0.2, 0.25) is 0 Å². The molecule has 0 unspecified atom stereocenters. The molecule has 0 saturated carbocycles. The second-order valence-electron chi connectivity index (χ2n) is 4.13. The van der Waals surface area contributed by atoms with Crippen LogP contribution in [0.3, 0.4) is 0 Å². The maximum Gasteiger partial charge on any atom is 0.356 e. The van der Waals surface area contributed by atoms with Crippen molar-refractivity contribution in [2.24, 2.45) is 0 Å². The molecule has 0 bridgehead atoms. The molecule has 4 heteroatoms. The van der Waals surface area contributed by atoms with Crippen molar-refractivity contribution in [2.75, 3.05) is 6.61 Å². The van der Waals surface area contributed by atoms with Gasteiger partial charge in [-0.1, -0.05) is 5.57 Å². The van der Waals surface area contributed by atoms with E-state index in [1.54, 1.807) is 16.9 Å². The lowest BCUT2D eigenvalue weighted by Crippen LogP contribution is -2.15. The molecule has 1 aromatic heterocycles. The van der Waals surface area contributed by atoms with Crippen molar-refractivity contribution in [3.05, 3.63) is 29.6 Å². The highest BCUT2D eigenvalue weighted by Gasteiger charge is 2.14. The van der Waals surface area contributed by atoms with Gasteiger partial charge in [-0.25, -0.2) is 4.79 Å². The van der Waals surface area contributed by atoms with Gasteiger partial charge in [0, 0.05) is 12.2 Å². The van der Waals surface area contributed by atoms with Gasteiger partial charge in [0.05, 0.1) is 0 Å². The molecular weight excluding hydrogens is 204 g/mol. The number of nitrogens with zero attached hydrogens (tertiary/aromatic N) is 2. The summed E-state index contributed by atoms with van der Waals surface area (Å²) in [5.74, 6) is -0.330. The van der Waals surface area contributed by atoms with E-state index in [1.807, 2.05) is 33.8 Å². The Morgan fingerprint density at radius 2 is 2.25 bits per heavy atom. The van der Waals surface area contributed by atoms with E-state index < -0.39 is 0 Å². The molecule has 1 aromatic rings. The SMILES string of the molecule is CC(C)=CCOC(=O)c1ccnn1C(C)C. The Bertz CT molecular complexity index is 387. The van der Waals surface area contributed by atoms with Crippen LogP contribution < -0.4 is 0 Å². The smallest absolute Gasteiger partial charge is 0.356 e. The fraction of sp³-hybridized carbons (Fsp3) is 0.500. The van der Waals surface area contributed by atoms with Crippen LogP contribution in [-0.2, 0) is 4.74 Å². The van der Waals surface area contributed by atoms with Crippen molar-refractivity contribution in [3.63, 3.8) is 0 Å². The number of rotatable bonds is 4. The quantitative estimate of drug-likeness (QED) is 0.581. The molecule has 0 fully saturated rings. The second kappa shape index (κ2) is 5.49. The van der Waals surface area contributed by atoms with Crippen molar-refractivity contribution in [1.29, 1.82) is 0 Å². The van der Waals surface area contributed by atoms with Gasteiger partial charge in [-0.3, -0.25) is 4.68 Å². The van der Waals surface area contributed by atoms with E-state index in [1.165, 1.54) is 0 Å². The van der Waals surface area contributed by atoms with Gasteiger partial charge >= 0.3 is 5.97 Å². The van der Waals surface area contributed by atoms with Crippen LogP contribution in [0.25, 0.3) is 0 Å². The third kappa shape index (κ3) is 3.22. The first kappa shape index (κ1) is 12.5. The summed E-state index contributed by atoms with van der Waals surface area (Å²) in [5, 5.41) is 4.08. The van der Waals surface area contributed by atoms with Gasteiger partial charge in [0.15, 0.2) is 0 Å². The van der Waals surface area contributed by atoms with Crippen molar-refractivity contribution in [3.8, 4) is 0 Å². The summed E-state index contributed by atoms with van der Waals surface area (Å²) in [5.41, 5.74) is 1.63. The Balaban J connectivity index is 2.66. The van der Waals surface area contributed by atoms with Crippen molar-refractivity contribution < 1.29 is 9.53 Å². The second-order valence-corrected chi connectivity index (χ2v) is 4.13. The number of hydrogen-bond donors (Lipinski definition) is 0. The number of carbonyl (C=O) groups excluding carboxylic acids is 1. The number of ether oxygens (including phenoxy) is 1. The van der Waals surface area contributed by atoms with Gasteiger partial charge in [-0.15, -0.1) is 0 Å². The van der Waals surface area contributed by atoms with Gasteiger partial charge in [0.1, 0.15) is 12.3 Å². The predicted molar refractivity (Wildman–Crippen MR) is 62.3 cm³/mol. The van der Waals surface area contributed by atoms with Gasteiger partial charge in [-0.05, 0) is 39.8 Å². The molecule has 0 aliphatic heterocycles. The minimum atomic E-state index is -0.330. The highest BCUT2D eigenvalue weighted by molar-refractivity contribution is 5.87. The molecule has 1 heterocycles. The molecule has 0 atom stereocenters. The molecule has 0 aliphatic rings.